The first-order valence-electron chi connectivity index (χ1n) is 6.50. The minimum atomic E-state index is -5.94. The number of aliphatic hydroxyl groups is 1. The predicted molar refractivity (Wildman–Crippen MR) is 76.6 cm³/mol. The lowest BCUT2D eigenvalue weighted by Gasteiger charge is -2.37. The first kappa shape index (κ1) is 17.7. The van der Waals surface area contributed by atoms with E-state index in [1.807, 2.05) is 0 Å². The number of hydrogen-bond donors (Lipinski definition) is 1. The normalized spacial score (nSPS) is 15.3. The third-order valence-corrected chi connectivity index (χ3v) is 3.79. The van der Waals surface area contributed by atoms with Crippen molar-refractivity contribution in [3.8, 4) is 0 Å². The molecule has 1 atom stereocenters. The van der Waals surface area contributed by atoms with E-state index in [-0.39, 0.29) is 5.02 Å². The van der Waals surface area contributed by atoms with Gasteiger partial charge in [-0.15, -0.1) is 0 Å². The summed E-state index contributed by atoms with van der Waals surface area (Å²) in [6, 6.07) is 8.97. The summed E-state index contributed by atoms with van der Waals surface area (Å²) in [6.07, 6.45) is -5.94. The van der Waals surface area contributed by atoms with Gasteiger partial charge in [-0.2, -0.15) is 22.0 Å². The molecule has 0 amide bonds. The van der Waals surface area contributed by atoms with Crippen LogP contribution in [-0.2, 0) is 5.60 Å². The molecule has 0 spiro atoms. The van der Waals surface area contributed by atoms with E-state index in [0.717, 1.165) is 36.4 Å². The number of hydrogen-bond acceptors (Lipinski definition) is 1. The Kier molecular flexibility index (Phi) is 4.43. The minimum absolute atomic E-state index is 0.148. The highest BCUT2D eigenvalue weighted by Crippen LogP contribution is 2.51. The molecule has 0 heterocycles. The lowest BCUT2D eigenvalue weighted by Crippen LogP contribution is -2.55. The zero-order chi connectivity index (χ0) is 17.5. The maximum atomic E-state index is 14.1. The average molecular weight is 351 g/mol. The Morgan fingerprint density at radius 3 is 1.57 bits per heavy atom. The van der Waals surface area contributed by atoms with Gasteiger partial charge in [0.05, 0.1) is 0 Å². The number of halogens is 6. The van der Waals surface area contributed by atoms with Gasteiger partial charge in [0.1, 0.15) is 0 Å². The largest absolute Gasteiger partial charge is 0.457 e. The van der Waals surface area contributed by atoms with Crippen molar-refractivity contribution in [1.82, 2.24) is 0 Å². The molecule has 0 aliphatic carbocycles. The molecule has 0 aromatic heterocycles. The van der Waals surface area contributed by atoms with Gasteiger partial charge in [-0.25, -0.2) is 0 Å². The molecule has 23 heavy (non-hydrogen) atoms. The zero-order valence-electron chi connectivity index (χ0n) is 11.8. The van der Waals surface area contributed by atoms with Crippen molar-refractivity contribution < 1.29 is 27.1 Å². The molecular formula is C16H12ClF5O. The second kappa shape index (κ2) is 5.76. The van der Waals surface area contributed by atoms with Gasteiger partial charge in [-0.3, -0.25) is 0 Å². The Morgan fingerprint density at radius 1 is 0.783 bits per heavy atom. The Bertz CT molecular complexity index is 632. The maximum Gasteiger partial charge on any atom is 0.457 e. The van der Waals surface area contributed by atoms with E-state index in [1.54, 1.807) is 6.92 Å². The van der Waals surface area contributed by atoms with Crippen molar-refractivity contribution in [2.45, 2.75) is 24.6 Å². The molecule has 1 unspecified atom stereocenters. The summed E-state index contributed by atoms with van der Waals surface area (Å²) in [5.74, 6) is -5.40. The van der Waals surface area contributed by atoms with Gasteiger partial charge in [0.25, 0.3) is 0 Å². The van der Waals surface area contributed by atoms with Crippen LogP contribution in [0.1, 0.15) is 16.7 Å². The van der Waals surface area contributed by atoms with Crippen LogP contribution in [0.5, 0.6) is 0 Å². The number of alkyl halides is 5. The summed E-state index contributed by atoms with van der Waals surface area (Å²) < 4.78 is 67.1. The Hall–Kier alpha value is -1.66. The van der Waals surface area contributed by atoms with Gasteiger partial charge >= 0.3 is 12.1 Å². The summed E-state index contributed by atoms with van der Waals surface area (Å²) >= 11 is 5.64. The monoisotopic (exact) mass is 350 g/mol. The SMILES string of the molecule is Cc1ccc(C(O)(c2ccc(Cl)cc2)C(F)(F)C(F)(F)F)cc1. The molecule has 0 saturated carbocycles. The van der Waals surface area contributed by atoms with E-state index in [2.05, 4.69) is 0 Å². The molecule has 2 aromatic carbocycles. The van der Waals surface area contributed by atoms with Crippen molar-refractivity contribution >= 4 is 11.6 Å². The predicted octanol–water partition coefficient (Wildman–Crippen LogP) is 5.08. The summed E-state index contributed by atoms with van der Waals surface area (Å²) in [7, 11) is 0. The Labute approximate surface area is 134 Å². The molecule has 0 aliphatic heterocycles. The van der Waals surface area contributed by atoms with Crippen LogP contribution in [-0.4, -0.2) is 17.2 Å². The number of aryl methyl sites for hydroxylation is 1. The molecule has 124 valence electrons. The molecular weight excluding hydrogens is 339 g/mol. The molecule has 0 aliphatic rings. The van der Waals surface area contributed by atoms with Crippen LogP contribution in [0.2, 0.25) is 5.02 Å². The molecule has 1 N–H and O–H groups in total. The molecule has 2 rings (SSSR count). The fraction of sp³-hybridized carbons (Fsp3) is 0.250. The van der Waals surface area contributed by atoms with E-state index in [0.29, 0.717) is 5.56 Å². The van der Waals surface area contributed by atoms with E-state index in [9.17, 15) is 27.1 Å². The van der Waals surface area contributed by atoms with E-state index in [1.165, 1.54) is 12.1 Å². The molecule has 1 nitrogen and oxygen atoms in total. The molecule has 2 aromatic rings. The zero-order valence-corrected chi connectivity index (χ0v) is 12.6. The van der Waals surface area contributed by atoms with Crippen LogP contribution >= 0.6 is 11.6 Å². The van der Waals surface area contributed by atoms with Crippen molar-refractivity contribution in [2.75, 3.05) is 0 Å². The van der Waals surface area contributed by atoms with Crippen LogP contribution < -0.4 is 0 Å². The van der Waals surface area contributed by atoms with Gasteiger partial charge < -0.3 is 5.11 Å². The lowest BCUT2D eigenvalue weighted by atomic mass is 9.80. The fourth-order valence-electron chi connectivity index (χ4n) is 2.22. The minimum Gasteiger partial charge on any atom is -0.374 e. The number of benzene rings is 2. The molecule has 0 bridgehead atoms. The van der Waals surface area contributed by atoms with Gasteiger partial charge in [-0.05, 0) is 30.2 Å². The third-order valence-electron chi connectivity index (χ3n) is 3.54. The van der Waals surface area contributed by atoms with Crippen LogP contribution in [0.4, 0.5) is 22.0 Å². The smallest absolute Gasteiger partial charge is 0.374 e. The molecule has 0 radical (unpaired) electrons. The Balaban J connectivity index is 2.73. The van der Waals surface area contributed by atoms with E-state index >= 15 is 0 Å². The highest BCUT2D eigenvalue weighted by molar-refractivity contribution is 6.30. The maximum absolute atomic E-state index is 14.1. The fourth-order valence-corrected chi connectivity index (χ4v) is 2.35. The standard InChI is InChI=1S/C16H12ClF5O/c1-10-2-4-11(5-3-10)14(23,15(18,19)16(20,21)22)12-6-8-13(17)9-7-12/h2-9,23H,1H3. The van der Waals surface area contributed by atoms with E-state index < -0.39 is 28.8 Å². The summed E-state index contributed by atoms with van der Waals surface area (Å²) in [6.45, 7) is 1.65. The van der Waals surface area contributed by atoms with Crippen LogP contribution in [0.15, 0.2) is 48.5 Å². The lowest BCUT2D eigenvalue weighted by molar-refractivity contribution is -0.336. The number of rotatable bonds is 3. The van der Waals surface area contributed by atoms with Crippen LogP contribution in [0.3, 0.4) is 0 Å². The topological polar surface area (TPSA) is 20.2 Å². The van der Waals surface area contributed by atoms with Crippen LogP contribution in [0.25, 0.3) is 0 Å². The van der Waals surface area contributed by atoms with Gasteiger partial charge in [0, 0.05) is 5.02 Å². The second-order valence-corrected chi connectivity index (χ2v) is 5.59. The Morgan fingerprint density at radius 2 is 1.17 bits per heavy atom. The van der Waals surface area contributed by atoms with Crippen molar-refractivity contribution in [3.63, 3.8) is 0 Å². The quantitative estimate of drug-likeness (QED) is 0.765. The van der Waals surface area contributed by atoms with Gasteiger partial charge in [0.15, 0.2) is 5.60 Å². The van der Waals surface area contributed by atoms with Gasteiger partial charge in [0.2, 0.25) is 0 Å². The summed E-state index contributed by atoms with van der Waals surface area (Å²) in [5.41, 5.74) is -4.08. The third kappa shape index (κ3) is 2.93. The second-order valence-electron chi connectivity index (χ2n) is 5.16. The van der Waals surface area contributed by atoms with Crippen molar-refractivity contribution in [2.24, 2.45) is 0 Å². The average Bonchev–Trinajstić information content (AvgIpc) is 2.46. The summed E-state index contributed by atoms with van der Waals surface area (Å²) in [4.78, 5) is 0. The summed E-state index contributed by atoms with van der Waals surface area (Å²) in [5, 5.41) is 10.6. The highest BCUT2D eigenvalue weighted by atomic mass is 35.5. The van der Waals surface area contributed by atoms with Gasteiger partial charge in [-0.1, -0.05) is 53.6 Å². The first-order chi connectivity index (χ1) is 10.5. The first-order valence-corrected chi connectivity index (χ1v) is 6.88. The van der Waals surface area contributed by atoms with Crippen LogP contribution in [0, 0.1) is 6.92 Å². The van der Waals surface area contributed by atoms with Crippen molar-refractivity contribution in [3.05, 3.63) is 70.2 Å². The molecule has 7 heteroatoms. The molecule has 0 fully saturated rings. The van der Waals surface area contributed by atoms with Crippen molar-refractivity contribution in [1.29, 1.82) is 0 Å². The molecule has 0 saturated heterocycles. The highest BCUT2D eigenvalue weighted by Gasteiger charge is 2.71. The van der Waals surface area contributed by atoms with E-state index in [4.69, 9.17) is 11.6 Å².